The lowest BCUT2D eigenvalue weighted by molar-refractivity contribution is 0.411. The van der Waals surface area contributed by atoms with Gasteiger partial charge in [0.15, 0.2) is 0 Å². The Bertz CT molecular complexity index is 962. The smallest absolute Gasteiger partial charge is 0.339 e. The molecule has 22 heavy (non-hydrogen) atoms. The van der Waals surface area contributed by atoms with E-state index in [1.807, 2.05) is 42.5 Å². The third-order valence-corrected chi connectivity index (χ3v) is 4.67. The fourth-order valence-electron chi connectivity index (χ4n) is 2.46. The van der Waals surface area contributed by atoms with E-state index in [1.165, 1.54) is 6.92 Å². The first kappa shape index (κ1) is 16.0. The van der Waals surface area contributed by atoms with Crippen LogP contribution in [0.25, 0.3) is 21.5 Å². The van der Waals surface area contributed by atoms with E-state index in [9.17, 15) is 8.42 Å². The van der Waals surface area contributed by atoms with E-state index in [2.05, 4.69) is 6.58 Å². The highest BCUT2D eigenvalue weighted by Gasteiger charge is 2.19. The second-order valence-electron chi connectivity index (χ2n) is 4.88. The summed E-state index contributed by atoms with van der Waals surface area (Å²) in [5.41, 5.74) is 0. The van der Waals surface area contributed by atoms with Crippen molar-refractivity contribution in [2.24, 2.45) is 0 Å². The van der Waals surface area contributed by atoms with Crippen LogP contribution in [0.15, 0.2) is 71.8 Å². The Balaban J connectivity index is 0.00000176. The molecule has 0 aliphatic heterocycles. The maximum absolute atomic E-state index is 12.3. The second kappa shape index (κ2) is 5.79. The Labute approximate surface area is 129 Å². The molecule has 0 aromatic heterocycles. The van der Waals surface area contributed by atoms with Gasteiger partial charge in [0.1, 0.15) is 10.7 Å². The van der Waals surface area contributed by atoms with Gasteiger partial charge in [-0.25, -0.2) is 0 Å². The van der Waals surface area contributed by atoms with Gasteiger partial charge in [-0.2, -0.15) is 8.42 Å². The summed E-state index contributed by atoms with van der Waals surface area (Å²) in [7, 11) is -3.85. The van der Waals surface area contributed by atoms with Crippen molar-refractivity contribution >= 4 is 31.7 Å². The number of hydrogen-bond donors (Lipinski definition) is 1. The molecule has 3 N–H and O–H groups in total. The Morgan fingerprint density at radius 2 is 1.59 bits per heavy atom. The van der Waals surface area contributed by atoms with Crippen molar-refractivity contribution in [2.75, 3.05) is 0 Å². The van der Waals surface area contributed by atoms with Crippen molar-refractivity contribution in [2.45, 2.75) is 11.8 Å². The molecule has 0 fully saturated rings. The molecule has 3 rings (SSSR count). The molecule has 0 bridgehead atoms. The van der Waals surface area contributed by atoms with Crippen molar-refractivity contribution in [1.29, 1.82) is 0 Å². The summed E-state index contributed by atoms with van der Waals surface area (Å²) in [5, 5.41) is 3.62. The predicted octanol–water partition coefficient (Wildman–Crippen LogP) is 4.39. The van der Waals surface area contributed by atoms with Crippen LogP contribution >= 0.6 is 0 Å². The molecule has 0 saturated carbocycles. The molecule has 114 valence electrons. The normalized spacial score (nSPS) is 11.1. The molecule has 0 aliphatic carbocycles. The van der Waals surface area contributed by atoms with E-state index in [4.69, 9.17) is 4.18 Å². The molecule has 0 spiro atoms. The van der Waals surface area contributed by atoms with E-state index < -0.39 is 10.1 Å². The fourth-order valence-corrected chi connectivity index (χ4v) is 3.62. The van der Waals surface area contributed by atoms with E-state index in [0.29, 0.717) is 5.39 Å². The molecule has 0 saturated heterocycles. The Morgan fingerprint density at radius 1 is 0.909 bits per heavy atom. The van der Waals surface area contributed by atoms with Crippen LogP contribution in [0.1, 0.15) is 6.92 Å². The molecular weight excluding hydrogens is 298 g/mol. The molecule has 0 aliphatic rings. The molecule has 0 heterocycles. The zero-order chi connectivity index (χ0) is 15.0. The SMILES string of the molecule is C=C(C)OS(=O)(=O)c1cccc2c1ccc1ccccc12.N. The van der Waals surface area contributed by atoms with Crippen molar-refractivity contribution in [1.82, 2.24) is 6.15 Å². The average Bonchev–Trinajstić information content (AvgIpc) is 2.45. The predicted molar refractivity (Wildman–Crippen MR) is 89.6 cm³/mol. The van der Waals surface area contributed by atoms with Crippen LogP contribution in [0.2, 0.25) is 0 Å². The molecule has 0 atom stereocenters. The third kappa shape index (κ3) is 2.68. The van der Waals surface area contributed by atoms with Crippen molar-refractivity contribution in [3.05, 3.63) is 66.9 Å². The van der Waals surface area contributed by atoms with Crippen LogP contribution < -0.4 is 6.15 Å². The fraction of sp³-hybridized carbons (Fsp3) is 0.0588. The van der Waals surface area contributed by atoms with Crippen LogP contribution in [0.3, 0.4) is 0 Å². The van der Waals surface area contributed by atoms with Gasteiger partial charge in [0.05, 0.1) is 0 Å². The van der Waals surface area contributed by atoms with Gasteiger partial charge in [-0.1, -0.05) is 55.1 Å². The van der Waals surface area contributed by atoms with Crippen LogP contribution in [-0.2, 0) is 14.3 Å². The van der Waals surface area contributed by atoms with Gasteiger partial charge in [0.2, 0.25) is 0 Å². The maximum atomic E-state index is 12.3. The summed E-state index contributed by atoms with van der Waals surface area (Å²) in [6, 6.07) is 16.8. The highest BCUT2D eigenvalue weighted by molar-refractivity contribution is 7.87. The van der Waals surface area contributed by atoms with Crippen LogP contribution in [-0.4, -0.2) is 8.42 Å². The lowest BCUT2D eigenvalue weighted by atomic mass is 10.0. The first-order chi connectivity index (χ1) is 9.99. The number of allylic oxidation sites excluding steroid dienone is 1. The molecule has 0 radical (unpaired) electrons. The largest absolute Gasteiger partial charge is 0.384 e. The summed E-state index contributed by atoms with van der Waals surface area (Å²) >= 11 is 0. The molecule has 3 aromatic rings. The molecule has 3 aromatic carbocycles. The molecular formula is C17H17NO3S. The molecule has 0 unspecified atom stereocenters. The van der Waals surface area contributed by atoms with Gasteiger partial charge in [0.25, 0.3) is 0 Å². The highest BCUT2D eigenvalue weighted by Crippen LogP contribution is 2.30. The highest BCUT2D eigenvalue weighted by atomic mass is 32.2. The Kier molecular flexibility index (Phi) is 4.21. The maximum Gasteiger partial charge on any atom is 0.339 e. The van der Waals surface area contributed by atoms with E-state index in [0.717, 1.165) is 16.2 Å². The summed E-state index contributed by atoms with van der Waals surface area (Å²) < 4.78 is 29.5. The lowest BCUT2D eigenvalue weighted by Crippen LogP contribution is -2.05. The Hall–Kier alpha value is -2.37. The summed E-state index contributed by atoms with van der Waals surface area (Å²) in [6.07, 6.45) is 0. The van der Waals surface area contributed by atoms with Gasteiger partial charge in [0, 0.05) is 5.39 Å². The zero-order valence-electron chi connectivity index (χ0n) is 12.2. The average molecular weight is 315 g/mol. The molecule has 5 heteroatoms. The minimum Gasteiger partial charge on any atom is -0.384 e. The molecule has 4 nitrogen and oxygen atoms in total. The number of rotatable bonds is 3. The second-order valence-corrected chi connectivity index (χ2v) is 6.39. The summed E-state index contributed by atoms with van der Waals surface area (Å²) in [6.45, 7) is 5.01. The quantitative estimate of drug-likeness (QED) is 0.441. The third-order valence-electron chi connectivity index (χ3n) is 3.27. The Morgan fingerprint density at radius 3 is 2.32 bits per heavy atom. The topological polar surface area (TPSA) is 78.4 Å². The van der Waals surface area contributed by atoms with E-state index in [1.54, 1.807) is 12.1 Å². The number of fused-ring (bicyclic) bond motifs is 3. The van der Waals surface area contributed by atoms with E-state index in [-0.39, 0.29) is 16.8 Å². The van der Waals surface area contributed by atoms with Crippen molar-refractivity contribution in [3.63, 3.8) is 0 Å². The van der Waals surface area contributed by atoms with Crippen molar-refractivity contribution in [3.8, 4) is 0 Å². The van der Waals surface area contributed by atoms with Gasteiger partial charge in [-0.3, -0.25) is 0 Å². The summed E-state index contributed by atoms with van der Waals surface area (Å²) in [5.74, 6) is 0.146. The summed E-state index contributed by atoms with van der Waals surface area (Å²) in [4.78, 5) is 0.161. The minimum absolute atomic E-state index is 0. The lowest BCUT2D eigenvalue weighted by Gasteiger charge is -2.10. The van der Waals surface area contributed by atoms with Gasteiger partial charge in [-0.05, 0) is 29.1 Å². The van der Waals surface area contributed by atoms with Crippen LogP contribution in [0.4, 0.5) is 0 Å². The minimum atomic E-state index is -3.85. The van der Waals surface area contributed by atoms with Crippen LogP contribution in [0, 0.1) is 0 Å². The van der Waals surface area contributed by atoms with Gasteiger partial charge >= 0.3 is 10.1 Å². The number of benzene rings is 3. The molecule has 0 amide bonds. The number of hydrogen-bond acceptors (Lipinski definition) is 4. The van der Waals surface area contributed by atoms with Gasteiger partial charge in [-0.15, -0.1) is 0 Å². The van der Waals surface area contributed by atoms with Crippen LogP contribution in [0.5, 0.6) is 0 Å². The van der Waals surface area contributed by atoms with E-state index >= 15 is 0 Å². The first-order valence-electron chi connectivity index (χ1n) is 6.49. The monoisotopic (exact) mass is 315 g/mol. The van der Waals surface area contributed by atoms with Gasteiger partial charge < -0.3 is 10.3 Å². The first-order valence-corrected chi connectivity index (χ1v) is 7.90. The van der Waals surface area contributed by atoms with Crippen molar-refractivity contribution < 1.29 is 12.6 Å². The zero-order valence-corrected chi connectivity index (χ0v) is 13.1. The standard InChI is InChI=1S/C17H14O3S.H3N/c1-12(2)20-21(18,19)17-9-5-8-15-14-7-4-3-6-13(14)10-11-16(15)17;/h3-11H,1H2,2H3;1H3.